The van der Waals surface area contributed by atoms with Crippen molar-refractivity contribution in [2.45, 2.75) is 63.5 Å². The van der Waals surface area contributed by atoms with Crippen molar-refractivity contribution in [3.8, 4) is 5.75 Å². The fourth-order valence-corrected chi connectivity index (χ4v) is 11.3. The van der Waals surface area contributed by atoms with Crippen LogP contribution in [0.25, 0.3) is 0 Å². The molecule has 0 saturated carbocycles. The average Bonchev–Trinajstić information content (AvgIpc) is 3.49. The molecule has 0 aliphatic carbocycles. The molecular weight excluding hydrogens is 621 g/mol. The zero-order valence-corrected chi connectivity index (χ0v) is 29.4. The van der Waals surface area contributed by atoms with Crippen molar-refractivity contribution in [3.63, 3.8) is 0 Å². The molecular formula is C39H46N2O6Si. The quantitative estimate of drug-likeness (QED) is 0.154. The third-order valence-electron chi connectivity index (χ3n) is 9.10. The van der Waals surface area contributed by atoms with Crippen LogP contribution in [-0.4, -0.2) is 64.2 Å². The molecule has 1 amide bonds. The number of carbonyl (C=O) groups excluding carboxylic acids is 2. The van der Waals surface area contributed by atoms with E-state index in [0.717, 1.165) is 27.2 Å². The summed E-state index contributed by atoms with van der Waals surface area (Å²) >= 11 is 0. The van der Waals surface area contributed by atoms with E-state index in [0.29, 0.717) is 13.0 Å². The number of benzene rings is 4. The van der Waals surface area contributed by atoms with Crippen LogP contribution in [0.3, 0.4) is 0 Å². The number of carbonyl (C=O) groups is 2. The van der Waals surface area contributed by atoms with Crippen LogP contribution in [0.4, 0.5) is 4.79 Å². The van der Waals surface area contributed by atoms with Gasteiger partial charge in [-0.15, -0.1) is 0 Å². The van der Waals surface area contributed by atoms with Crippen molar-refractivity contribution in [2.75, 3.05) is 20.8 Å². The molecule has 3 atom stereocenters. The Morgan fingerprint density at radius 3 is 1.88 bits per heavy atom. The second-order valence-corrected chi connectivity index (χ2v) is 17.4. The molecule has 1 aliphatic rings. The Bertz CT molecular complexity index is 1570. The highest BCUT2D eigenvalue weighted by Crippen LogP contribution is 2.38. The smallest absolute Gasteiger partial charge is 0.411 e. The summed E-state index contributed by atoms with van der Waals surface area (Å²) in [6.07, 6.45) is -0.117. The first kappa shape index (κ1) is 34.9. The van der Waals surface area contributed by atoms with Gasteiger partial charge in [-0.2, -0.15) is 0 Å². The van der Waals surface area contributed by atoms with Crippen molar-refractivity contribution in [2.24, 2.45) is 0 Å². The maximum atomic E-state index is 14.0. The van der Waals surface area contributed by atoms with Gasteiger partial charge in [-0.05, 0) is 45.1 Å². The summed E-state index contributed by atoms with van der Waals surface area (Å²) in [6, 6.07) is 36.2. The number of hydrogen-bond donors (Lipinski definition) is 1. The molecule has 48 heavy (non-hydrogen) atoms. The summed E-state index contributed by atoms with van der Waals surface area (Å²) < 4.78 is 23.8. The number of esters is 1. The first-order chi connectivity index (χ1) is 23.2. The van der Waals surface area contributed by atoms with Crippen molar-refractivity contribution < 1.29 is 28.2 Å². The van der Waals surface area contributed by atoms with E-state index in [4.69, 9.17) is 18.6 Å². The molecule has 1 N–H and O–H groups in total. The highest BCUT2D eigenvalue weighted by Gasteiger charge is 2.53. The number of ether oxygens (including phenoxy) is 3. The van der Waals surface area contributed by atoms with Gasteiger partial charge in [0.25, 0.3) is 8.32 Å². The number of amides is 1. The van der Waals surface area contributed by atoms with Crippen LogP contribution in [0.1, 0.15) is 38.3 Å². The second kappa shape index (κ2) is 15.6. The molecule has 0 unspecified atom stereocenters. The van der Waals surface area contributed by atoms with Crippen LogP contribution in [-0.2, 0) is 31.8 Å². The number of hydrogen-bond acceptors (Lipinski definition) is 7. The minimum Gasteiger partial charge on any atom is -0.497 e. The van der Waals surface area contributed by atoms with Gasteiger partial charge in [0.2, 0.25) is 0 Å². The van der Waals surface area contributed by atoms with Gasteiger partial charge in [-0.1, -0.05) is 124 Å². The Labute approximate surface area is 285 Å². The Morgan fingerprint density at radius 2 is 1.35 bits per heavy atom. The predicted molar refractivity (Wildman–Crippen MR) is 190 cm³/mol. The molecule has 5 rings (SSSR count). The lowest BCUT2D eigenvalue weighted by molar-refractivity contribution is -0.146. The SMILES string of the molecule is COC(=O)[C@H]1[C@@H](NCc2ccc(OC)cc2)C[C@@H](CO[Si](c2ccccc2)(c2ccccc2)C(C)(C)C)N1C(=O)OCc1ccccc1. The standard InChI is InChI=1S/C39H46N2O6Si/c1-39(2,3)48(33-17-11-7-12-18-33,34-19-13-8-14-20-34)47-28-31-25-35(40-26-29-21-23-32(44-4)24-22-29)36(37(42)45-5)41(31)38(43)46-27-30-15-9-6-10-16-30/h6-24,31,35-36,40H,25-28H2,1-5H3/t31-,35-,36+/m0/s1. The lowest BCUT2D eigenvalue weighted by Crippen LogP contribution is -2.67. The Kier molecular flexibility index (Phi) is 11.4. The van der Waals surface area contributed by atoms with Gasteiger partial charge in [-0.25, -0.2) is 9.59 Å². The Hall–Kier alpha value is -4.44. The van der Waals surface area contributed by atoms with Crippen LogP contribution >= 0.6 is 0 Å². The minimum absolute atomic E-state index is 0.0797. The molecule has 0 spiro atoms. The van der Waals surface area contributed by atoms with E-state index in [1.165, 1.54) is 12.0 Å². The van der Waals surface area contributed by atoms with Gasteiger partial charge in [0.1, 0.15) is 18.4 Å². The zero-order chi connectivity index (χ0) is 34.1. The van der Waals surface area contributed by atoms with Gasteiger partial charge in [-0.3, -0.25) is 4.90 Å². The molecule has 1 saturated heterocycles. The van der Waals surface area contributed by atoms with Gasteiger partial charge in [0.05, 0.1) is 26.9 Å². The predicted octanol–water partition coefficient (Wildman–Crippen LogP) is 5.68. The molecule has 1 heterocycles. The molecule has 1 aliphatic heterocycles. The maximum Gasteiger partial charge on any atom is 0.411 e. The first-order valence-electron chi connectivity index (χ1n) is 16.4. The van der Waals surface area contributed by atoms with Crippen LogP contribution in [0.15, 0.2) is 115 Å². The zero-order valence-electron chi connectivity index (χ0n) is 28.4. The number of rotatable bonds is 12. The number of likely N-dealkylation sites (tertiary alicyclic amines) is 1. The molecule has 1 fully saturated rings. The Morgan fingerprint density at radius 1 is 0.792 bits per heavy atom. The molecule has 0 aromatic heterocycles. The van der Waals surface area contributed by atoms with E-state index in [2.05, 4.69) is 50.4 Å². The summed E-state index contributed by atoms with van der Waals surface area (Å²) in [4.78, 5) is 29.1. The second-order valence-electron chi connectivity index (χ2n) is 13.1. The van der Waals surface area contributed by atoms with Crippen LogP contribution in [0, 0.1) is 0 Å². The maximum absolute atomic E-state index is 14.0. The fourth-order valence-electron chi connectivity index (χ4n) is 6.73. The molecule has 0 bridgehead atoms. The Balaban J connectivity index is 1.49. The minimum atomic E-state index is -2.94. The normalized spacial score (nSPS) is 17.9. The van der Waals surface area contributed by atoms with Crippen LogP contribution < -0.4 is 20.4 Å². The fraction of sp³-hybridized carbons (Fsp3) is 0.333. The lowest BCUT2D eigenvalue weighted by atomic mass is 10.1. The van der Waals surface area contributed by atoms with Crippen LogP contribution in [0.5, 0.6) is 5.75 Å². The number of nitrogens with one attached hydrogen (secondary N) is 1. The topological polar surface area (TPSA) is 86.3 Å². The molecule has 8 nitrogen and oxygen atoms in total. The first-order valence-corrected chi connectivity index (χ1v) is 18.3. The van der Waals surface area contributed by atoms with E-state index in [1.807, 2.05) is 91.0 Å². The monoisotopic (exact) mass is 666 g/mol. The highest BCUT2D eigenvalue weighted by atomic mass is 28.4. The third kappa shape index (κ3) is 7.65. The van der Waals surface area contributed by atoms with E-state index < -0.39 is 38.5 Å². The molecule has 252 valence electrons. The van der Waals surface area contributed by atoms with Crippen molar-refractivity contribution >= 4 is 30.8 Å². The number of methoxy groups -OCH3 is 2. The summed E-state index contributed by atoms with van der Waals surface area (Å²) in [5, 5.41) is 5.56. The van der Waals surface area contributed by atoms with Crippen LogP contribution in [0.2, 0.25) is 5.04 Å². The van der Waals surface area contributed by atoms with Crippen molar-refractivity contribution in [3.05, 3.63) is 126 Å². The lowest BCUT2D eigenvalue weighted by Gasteiger charge is -2.44. The molecule has 4 aromatic rings. The van der Waals surface area contributed by atoms with Gasteiger partial charge in [0, 0.05) is 12.6 Å². The van der Waals surface area contributed by atoms with E-state index in [9.17, 15) is 9.59 Å². The average molecular weight is 667 g/mol. The largest absolute Gasteiger partial charge is 0.497 e. The molecule has 0 radical (unpaired) electrons. The summed E-state index contributed by atoms with van der Waals surface area (Å²) in [7, 11) is 0.0425. The molecule has 4 aromatic carbocycles. The summed E-state index contributed by atoms with van der Waals surface area (Å²) in [5.41, 5.74) is 1.87. The van der Waals surface area contributed by atoms with Gasteiger partial charge in [0.15, 0.2) is 0 Å². The summed E-state index contributed by atoms with van der Waals surface area (Å²) in [5.74, 6) is 0.256. The van der Waals surface area contributed by atoms with E-state index >= 15 is 0 Å². The molecule has 9 heteroatoms. The van der Waals surface area contributed by atoms with Gasteiger partial charge < -0.3 is 24.0 Å². The third-order valence-corrected chi connectivity index (χ3v) is 14.1. The van der Waals surface area contributed by atoms with E-state index in [1.54, 1.807) is 7.11 Å². The number of nitrogens with zero attached hydrogens (tertiary/aromatic N) is 1. The highest BCUT2D eigenvalue weighted by molar-refractivity contribution is 6.99. The van der Waals surface area contributed by atoms with E-state index in [-0.39, 0.29) is 18.3 Å². The van der Waals surface area contributed by atoms with Gasteiger partial charge >= 0.3 is 12.1 Å². The summed E-state index contributed by atoms with van der Waals surface area (Å²) in [6.45, 7) is 7.43. The van der Waals surface area contributed by atoms with Crippen molar-refractivity contribution in [1.82, 2.24) is 10.2 Å². The van der Waals surface area contributed by atoms with Crippen molar-refractivity contribution in [1.29, 1.82) is 0 Å².